The van der Waals surface area contributed by atoms with Gasteiger partial charge in [-0.15, -0.1) is 0 Å². The van der Waals surface area contributed by atoms with Crippen molar-refractivity contribution in [2.45, 2.75) is 26.8 Å². The van der Waals surface area contributed by atoms with E-state index in [1.54, 1.807) is 12.3 Å². The van der Waals surface area contributed by atoms with E-state index in [0.29, 0.717) is 5.56 Å². The molecule has 0 aromatic carbocycles. The van der Waals surface area contributed by atoms with Crippen LogP contribution >= 0.6 is 0 Å². The summed E-state index contributed by atoms with van der Waals surface area (Å²) in [6.45, 7) is 7.68. The van der Waals surface area contributed by atoms with Gasteiger partial charge < -0.3 is 0 Å². The van der Waals surface area contributed by atoms with Crippen molar-refractivity contribution in [2.24, 2.45) is 17.7 Å². The molecule has 19 heavy (non-hydrogen) atoms. The Bertz CT molecular complexity index is 422. The van der Waals surface area contributed by atoms with E-state index in [0.717, 1.165) is 37.2 Å². The Hall–Kier alpha value is -1.46. The third-order valence-electron chi connectivity index (χ3n) is 3.55. The zero-order valence-corrected chi connectivity index (χ0v) is 11.6. The van der Waals surface area contributed by atoms with Crippen LogP contribution in [-0.2, 0) is 6.54 Å². The quantitative estimate of drug-likeness (QED) is 0.487. The van der Waals surface area contributed by atoms with Crippen molar-refractivity contribution in [3.05, 3.63) is 29.6 Å². The number of hydrogen-bond donors (Lipinski definition) is 2. The summed E-state index contributed by atoms with van der Waals surface area (Å²) in [6.07, 6.45) is 2.88. The van der Waals surface area contributed by atoms with Crippen molar-refractivity contribution >= 4 is 5.91 Å². The first-order chi connectivity index (χ1) is 9.08. The summed E-state index contributed by atoms with van der Waals surface area (Å²) in [4.78, 5) is 18.1. The number of hydrogen-bond acceptors (Lipinski definition) is 4. The van der Waals surface area contributed by atoms with Crippen LogP contribution in [0.3, 0.4) is 0 Å². The van der Waals surface area contributed by atoms with E-state index in [2.05, 4.69) is 29.2 Å². The molecule has 5 heteroatoms. The molecule has 2 rings (SSSR count). The summed E-state index contributed by atoms with van der Waals surface area (Å²) >= 11 is 0. The van der Waals surface area contributed by atoms with E-state index < -0.39 is 0 Å². The fourth-order valence-corrected chi connectivity index (χ4v) is 2.89. The van der Waals surface area contributed by atoms with Crippen LogP contribution < -0.4 is 11.3 Å². The molecule has 5 nitrogen and oxygen atoms in total. The lowest BCUT2D eigenvalue weighted by atomic mass is 9.92. The van der Waals surface area contributed by atoms with Gasteiger partial charge in [-0.05, 0) is 30.4 Å². The normalized spacial score (nSPS) is 24.2. The van der Waals surface area contributed by atoms with Gasteiger partial charge in [-0.3, -0.25) is 20.1 Å². The summed E-state index contributed by atoms with van der Waals surface area (Å²) < 4.78 is 0. The molecule has 3 N–H and O–H groups in total. The van der Waals surface area contributed by atoms with Gasteiger partial charge in [0.15, 0.2) is 0 Å². The number of nitrogens with zero attached hydrogens (tertiary/aromatic N) is 2. The molecule has 1 fully saturated rings. The van der Waals surface area contributed by atoms with Gasteiger partial charge >= 0.3 is 0 Å². The molecule has 0 spiro atoms. The van der Waals surface area contributed by atoms with Gasteiger partial charge in [-0.1, -0.05) is 13.8 Å². The van der Waals surface area contributed by atoms with Gasteiger partial charge in [-0.2, -0.15) is 0 Å². The molecule has 2 unspecified atom stereocenters. The monoisotopic (exact) mass is 262 g/mol. The lowest BCUT2D eigenvalue weighted by Crippen LogP contribution is -2.38. The highest BCUT2D eigenvalue weighted by atomic mass is 16.2. The minimum atomic E-state index is -0.306. The van der Waals surface area contributed by atoms with Crippen LogP contribution in [0.5, 0.6) is 0 Å². The van der Waals surface area contributed by atoms with Crippen molar-refractivity contribution < 1.29 is 4.79 Å². The standard InChI is InChI=1S/C14H22N4O/c1-10-5-11(2)8-18(7-10)9-13-4-3-12(6-16-13)14(19)17-15/h3-4,6,10-11H,5,7-9,15H2,1-2H3,(H,17,19). The predicted molar refractivity (Wildman–Crippen MR) is 74.1 cm³/mol. The first-order valence-electron chi connectivity index (χ1n) is 6.76. The van der Waals surface area contributed by atoms with Gasteiger partial charge in [0, 0.05) is 25.8 Å². The fourth-order valence-electron chi connectivity index (χ4n) is 2.89. The SMILES string of the molecule is CC1CC(C)CN(Cc2ccc(C(=O)NN)cn2)C1. The van der Waals surface area contributed by atoms with Crippen LogP contribution in [0.1, 0.15) is 36.3 Å². The topological polar surface area (TPSA) is 71.2 Å². The van der Waals surface area contributed by atoms with Crippen LogP contribution in [0, 0.1) is 11.8 Å². The highest BCUT2D eigenvalue weighted by Gasteiger charge is 2.21. The molecule has 1 aliphatic heterocycles. The van der Waals surface area contributed by atoms with Gasteiger partial charge in [0.1, 0.15) is 0 Å². The first kappa shape index (κ1) is 14.0. The number of pyridine rings is 1. The van der Waals surface area contributed by atoms with Crippen LogP contribution in [-0.4, -0.2) is 28.9 Å². The van der Waals surface area contributed by atoms with Gasteiger partial charge in [0.2, 0.25) is 0 Å². The number of likely N-dealkylation sites (tertiary alicyclic amines) is 1. The molecule has 1 amide bonds. The Morgan fingerprint density at radius 1 is 1.42 bits per heavy atom. The van der Waals surface area contributed by atoms with Gasteiger partial charge in [0.05, 0.1) is 11.3 Å². The molecular formula is C14H22N4O. The third kappa shape index (κ3) is 3.75. The van der Waals surface area contributed by atoms with E-state index in [4.69, 9.17) is 5.84 Å². The minimum absolute atomic E-state index is 0.306. The minimum Gasteiger partial charge on any atom is -0.297 e. The predicted octanol–water partition coefficient (Wildman–Crippen LogP) is 1.16. The molecule has 1 saturated heterocycles. The molecular weight excluding hydrogens is 240 g/mol. The lowest BCUT2D eigenvalue weighted by molar-refractivity contribution is 0.0953. The maximum Gasteiger partial charge on any atom is 0.266 e. The second-order valence-electron chi connectivity index (χ2n) is 5.65. The Labute approximate surface area is 114 Å². The summed E-state index contributed by atoms with van der Waals surface area (Å²) in [5.41, 5.74) is 3.59. The van der Waals surface area contributed by atoms with Crippen LogP contribution in [0.2, 0.25) is 0 Å². The summed E-state index contributed by atoms with van der Waals surface area (Å²) in [6, 6.07) is 3.66. The number of amides is 1. The molecule has 2 atom stereocenters. The Balaban J connectivity index is 1.97. The van der Waals surface area contributed by atoms with Crippen molar-refractivity contribution in [3.8, 4) is 0 Å². The average molecular weight is 262 g/mol. The molecule has 2 heterocycles. The second-order valence-corrected chi connectivity index (χ2v) is 5.65. The van der Waals surface area contributed by atoms with E-state index in [1.807, 2.05) is 6.07 Å². The van der Waals surface area contributed by atoms with Crippen LogP contribution in [0.25, 0.3) is 0 Å². The number of carbonyl (C=O) groups is 1. The number of carbonyl (C=O) groups excluding carboxylic acids is 1. The van der Waals surface area contributed by atoms with E-state index in [1.165, 1.54) is 6.42 Å². The van der Waals surface area contributed by atoms with Crippen molar-refractivity contribution in [2.75, 3.05) is 13.1 Å². The number of nitrogens with two attached hydrogens (primary N) is 1. The molecule has 0 aliphatic carbocycles. The Morgan fingerprint density at radius 3 is 2.63 bits per heavy atom. The van der Waals surface area contributed by atoms with Crippen LogP contribution in [0.15, 0.2) is 18.3 Å². The highest BCUT2D eigenvalue weighted by molar-refractivity contribution is 5.93. The highest BCUT2D eigenvalue weighted by Crippen LogP contribution is 2.22. The number of piperidine rings is 1. The van der Waals surface area contributed by atoms with E-state index in [9.17, 15) is 4.79 Å². The first-order valence-corrected chi connectivity index (χ1v) is 6.76. The molecule has 1 aliphatic rings. The third-order valence-corrected chi connectivity index (χ3v) is 3.55. The van der Waals surface area contributed by atoms with E-state index in [-0.39, 0.29) is 5.91 Å². The molecule has 0 bridgehead atoms. The largest absolute Gasteiger partial charge is 0.297 e. The Morgan fingerprint density at radius 2 is 2.11 bits per heavy atom. The molecule has 1 aromatic rings. The van der Waals surface area contributed by atoms with Gasteiger partial charge in [0.25, 0.3) is 5.91 Å². The molecule has 104 valence electrons. The fraction of sp³-hybridized carbons (Fsp3) is 0.571. The molecule has 1 aromatic heterocycles. The summed E-state index contributed by atoms with van der Waals surface area (Å²) in [5.74, 6) is 6.26. The number of nitrogen functional groups attached to an aromatic ring is 1. The lowest BCUT2D eigenvalue weighted by Gasteiger charge is -2.34. The maximum absolute atomic E-state index is 11.3. The zero-order valence-electron chi connectivity index (χ0n) is 11.6. The average Bonchev–Trinajstić information content (AvgIpc) is 2.37. The smallest absolute Gasteiger partial charge is 0.266 e. The molecule has 0 saturated carbocycles. The number of aromatic nitrogens is 1. The number of nitrogens with one attached hydrogen (secondary N) is 1. The second kappa shape index (κ2) is 6.12. The summed E-state index contributed by atoms with van der Waals surface area (Å²) in [5, 5.41) is 0. The van der Waals surface area contributed by atoms with Gasteiger partial charge in [-0.25, -0.2) is 5.84 Å². The van der Waals surface area contributed by atoms with Crippen molar-refractivity contribution in [3.63, 3.8) is 0 Å². The number of rotatable bonds is 3. The maximum atomic E-state index is 11.3. The number of hydrazine groups is 1. The summed E-state index contributed by atoms with van der Waals surface area (Å²) in [7, 11) is 0. The van der Waals surface area contributed by atoms with Crippen LogP contribution in [0.4, 0.5) is 0 Å². The zero-order chi connectivity index (χ0) is 13.8. The van der Waals surface area contributed by atoms with Crippen molar-refractivity contribution in [1.82, 2.24) is 15.3 Å². The molecule has 0 radical (unpaired) electrons. The van der Waals surface area contributed by atoms with E-state index >= 15 is 0 Å². The Kier molecular flexibility index (Phi) is 4.50. The van der Waals surface area contributed by atoms with Crippen molar-refractivity contribution in [1.29, 1.82) is 0 Å².